The predicted molar refractivity (Wildman–Crippen MR) is 97.4 cm³/mol. The zero-order valence-corrected chi connectivity index (χ0v) is 14.7. The first-order valence-corrected chi connectivity index (χ1v) is 8.41. The van der Waals surface area contributed by atoms with Gasteiger partial charge in [0.1, 0.15) is 17.2 Å². The van der Waals surface area contributed by atoms with Crippen LogP contribution in [0.15, 0.2) is 54.7 Å². The third-order valence-electron chi connectivity index (χ3n) is 3.93. The molecule has 0 radical (unpaired) electrons. The maximum Gasteiger partial charge on any atom is 0.341 e. The lowest BCUT2D eigenvalue weighted by atomic mass is 10.0. The van der Waals surface area contributed by atoms with Crippen molar-refractivity contribution in [2.24, 2.45) is 0 Å². The van der Waals surface area contributed by atoms with Crippen LogP contribution in [0.1, 0.15) is 34.2 Å². The summed E-state index contributed by atoms with van der Waals surface area (Å²) in [5.74, 6) is -0.177. The van der Waals surface area contributed by atoms with Gasteiger partial charge in [-0.2, -0.15) is 0 Å². The summed E-state index contributed by atoms with van der Waals surface area (Å²) in [5, 5.41) is 0. The summed E-state index contributed by atoms with van der Waals surface area (Å²) in [6.45, 7) is 4.03. The van der Waals surface area contributed by atoms with E-state index in [0.29, 0.717) is 23.5 Å². The number of benzene rings is 2. The maximum absolute atomic E-state index is 13.1. The SMILES string of the molecule is CCOC(=O)c1cnc(Cc2ccc(F)cc2)nc1-c1ccc(C)cc1. The van der Waals surface area contributed by atoms with E-state index >= 15 is 0 Å². The summed E-state index contributed by atoms with van der Waals surface area (Å²) in [5.41, 5.74) is 3.70. The number of hydrogen-bond donors (Lipinski definition) is 0. The van der Waals surface area contributed by atoms with Crippen molar-refractivity contribution in [1.29, 1.82) is 0 Å². The lowest BCUT2D eigenvalue weighted by Gasteiger charge is -2.10. The summed E-state index contributed by atoms with van der Waals surface area (Å²) in [7, 11) is 0. The molecule has 0 aliphatic rings. The molecule has 26 heavy (non-hydrogen) atoms. The Morgan fingerprint density at radius 2 is 1.77 bits per heavy atom. The molecule has 0 saturated heterocycles. The summed E-state index contributed by atoms with van der Waals surface area (Å²) >= 11 is 0. The van der Waals surface area contributed by atoms with Gasteiger partial charge in [0.05, 0.1) is 12.3 Å². The minimum absolute atomic E-state index is 0.281. The minimum atomic E-state index is -0.448. The highest BCUT2D eigenvalue weighted by Gasteiger charge is 2.17. The van der Waals surface area contributed by atoms with Crippen molar-refractivity contribution in [2.45, 2.75) is 20.3 Å². The molecular weight excluding hydrogens is 331 g/mol. The molecule has 0 aliphatic heterocycles. The fourth-order valence-electron chi connectivity index (χ4n) is 2.58. The van der Waals surface area contributed by atoms with Gasteiger partial charge in [0.15, 0.2) is 0 Å². The smallest absolute Gasteiger partial charge is 0.341 e. The third kappa shape index (κ3) is 4.11. The van der Waals surface area contributed by atoms with Crippen molar-refractivity contribution in [3.63, 3.8) is 0 Å². The van der Waals surface area contributed by atoms with E-state index in [2.05, 4.69) is 9.97 Å². The highest BCUT2D eigenvalue weighted by molar-refractivity contribution is 5.95. The molecule has 0 fully saturated rings. The van der Waals surface area contributed by atoms with Gasteiger partial charge < -0.3 is 4.74 Å². The van der Waals surface area contributed by atoms with Crippen LogP contribution in [0.3, 0.4) is 0 Å². The van der Waals surface area contributed by atoms with E-state index in [1.54, 1.807) is 19.1 Å². The van der Waals surface area contributed by atoms with E-state index in [9.17, 15) is 9.18 Å². The Morgan fingerprint density at radius 3 is 2.42 bits per heavy atom. The number of halogens is 1. The topological polar surface area (TPSA) is 52.1 Å². The van der Waals surface area contributed by atoms with Gasteiger partial charge in [-0.1, -0.05) is 42.0 Å². The number of esters is 1. The fraction of sp³-hybridized carbons (Fsp3) is 0.190. The Bertz CT molecular complexity index is 906. The monoisotopic (exact) mass is 350 g/mol. The molecule has 0 spiro atoms. The van der Waals surface area contributed by atoms with Gasteiger partial charge in [-0.25, -0.2) is 19.2 Å². The standard InChI is InChI=1S/C21H19FN2O2/c1-3-26-21(25)18-13-23-19(12-15-6-10-17(22)11-7-15)24-20(18)16-8-4-14(2)5-9-16/h4-11,13H,3,12H2,1-2H3. The van der Waals surface area contributed by atoms with Crippen LogP contribution in [0.2, 0.25) is 0 Å². The number of aromatic nitrogens is 2. The highest BCUT2D eigenvalue weighted by atomic mass is 19.1. The van der Waals surface area contributed by atoms with Crippen LogP contribution in [0.5, 0.6) is 0 Å². The fourth-order valence-corrected chi connectivity index (χ4v) is 2.58. The van der Waals surface area contributed by atoms with Crippen molar-refractivity contribution >= 4 is 5.97 Å². The van der Waals surface area contributed by atoms with Crippen LogP contribution in [0.4, 0.5) is 4.39 Å². The van der Waals surface area contributed by atoms with Crippen LogP contribution in [-0.2, 0) is 11.2 Å². The van der Waals surface area contributed by atoms with Gasteiger partial charge in [-0.05, 0) is 31.5 Å². The first kappa shape index (κ1) is 17.7. The van der Waals surface area contributed by atoms with Crippen LogP contribution in [0, 0.1) is 12.7 Å². The van der Waals surface area contributed by atoms with E-state index in [0.717, 1.165) is 16.7 Å². The van der Waals surface area contributed by atoms with E-state index in [1.165, 1.54) is 18.3 Å². The van der Waals surface area contributed by atoms with Gasteiger partial charge in [-0.15, -0.1) is 0 Å². The molecule has 3 rings (SSSR count). The molecule has 3 aromatic rings. The second kappa shape index (κ2) is 7.87. The number of nitrogens with zero attached hydrogens (tertiary/aromatic N) is 2. The first-order valence-electron chi connectivity index (χ1n) is 8.41. The molecular formula is C21H19FN2O2. The van der Waals surface area contributed by atoms with Gasteiger partial charge in [0, 0.05) is 18.2 Å². The Kier molecular flexibility index (Phi) is 5.37. The van der Waals surface area contributed by atoms with Crippen molar-refractivity contribution in [3.8, 4) is 11.3 Å². The lowest BCUT2D eigenvalue weighted by Crippen LogP contribution is -2.10. The Labute approximate surface area is 151 Å². The van der Waals surface area contributed by atoms with Crippen LogP contribution in [0.25, 0.3) is 11.3 Å². The zero-order valence-electron chi connectivity index (χ0n) is 14.7. The lowest BCUT2D eigenvalue weighted by molar-refractivity contribution is 0.0526. The molecule has 1 heterocycles. The van der Waals surface area contributed by atoms with Crippen LogP contribution >= 0.6 is 0 Å². The average molecular weight is 350 g/mol. The van der Waals surface area contributed by atoms with Gasteiger partial charge >= 0.3 is 5.97 Å². The number of carbonyl (C=O) groups is 1. The molecule has 0 amide bonds. The van der Waals surface area contributed by atoms with E-state index in [1.807, 2.05) is 31.2 Å². The number of hydrogen-bond acceptors (Lipinski definition) is 4. The molecule has 0 bridgehead atoms. The Hall–Kier alpha value is -3.08. The Morgan fingerprint density at radius 1 is 1.08 bits per heavy atom. The molecule has 0 saturated carbocycles. The van der Waals surface area contributed by atoms with E-state index in [-0.39, 0.29) is 12.4 Å². The maximum atomic E-state index is 13.1. The predicted octanol–water partition coefficient (Wildman–Crippen LogP) is 4.36. The molecule has 4 nitrogen and oxygen atoms in total. The summed E-state index contributed by atoms with van der Waals surface area (Å²) < 4.78 is 18.2. The largest absolute Gasteiger partial charge is 0.462 e. The van der Waals surface area contributed by atoms with Crippen molar-refractivity contribution < 1.29 is 13.9 Å². The zero-order chi connectivity index (χ0) is 18.5. The minimum Gasteiger partial charge on any atom is -0.462 e. The van der Waals surface area contributed by atoms with E-state index in [4.69, 9.17) is 4.74 Å². The van der Waals surface area contributed by atoms with Gasteiger partial charge in [0.25, 0.3) is 0 Å². The number of carbonyl (C=O) groups excluding carboxylic acids is 1. The van der Waals surface area contributed by atoms with Crippen LogP contribution < -0.4 is 0 Å². The molecule has 0 aliphatic carbocycles. The van der Waals surface area contributed by atoms with Crippen molar-refractivity contribution in [1.82, 2.24) is 9.97 Å². The van der Waals surface area contributed by atoms with Crippen molar-refractivity contribution in [3.05, 3.63) is 83.1 Å². The second-order valence-corrected chi connectivity index (χ2v) is 5.94. The number of aryl methyl sites for hydroxylation is 1. The molecule has 0 atom stereocenters. The third-order valence-corrected chi connectivity index (χ3v) is 3.93. The summed E-state index contributed by atoms with van der Waals surface area (Å²) in [6, 6.07) is 14.0. The highest BCUT2D eigenvalue weighted by Crippen LogP contribution is 2.23. The van der Waals surface area contributed by atoms with Crippen molar-refractivity contribution in [2.75, 3.05) is 6.61 Å². The molecule has 1 aromatic heterocycles. The summed E-state index contributed by atoms with van der Waals surface area (Å²) in [4.78, 5) is 21.2. The first-order chi connectivity index (χ1) is 12.6. The molecule has 0 unspecified atom stereocenters. The van der Waals surface area contributed by atoms with Gasteiger partial charge in [-0.3, -0.25) is 0 Å². The van der Waals surface area contributed by atoms with Crippen LogP contribution in [-0.4, -0.2) is 22.5 Å². The molecule has 5 heteroatoms. The second-order valence-electron chi connectivity index (χ2n) is 5.94. The molecule has 132 valence electrons. The number of ether oxygens (including phenoxy) is 1. The molecule has 2 aromatic carbocycles. The molecule has 0 N–H and O–H groups in total. The quantitative estimate of drug-likeness (QED) is 0.642. The Balaban J connectivity index is 2.00. The normalized spacial score (nSPS) is 10.6. The van der Waals surface area contributed by atoms with Gasteiger partial charge in [0.2, 0.25) is 0 Å². The summed E-state index contributed by atoms with van der Waals surface area (Å²) in [6.07, 6.45) is 1.95. The number of rotatable bonds is 5. The van der Waals surface area contributed by atoms with E-state index < -0.39 is 5.97 Å². The average Bonchev–Trinajstić information content (AvgIpc) is 2.64.